The molecule has 1 unspecified atom stereocenters. The normalized spacial score (nSPS) is 12.4. The van der Waals surface area contributed by atoms with E-state index in [-0.39, 0.29) is 31.1 Å². The molecular weight excluding hydrogens is 805 g/mol. The van der Waals surface area contributed by atoms with Crippen LogP contribution < -0.4 is 0 Å². The summed E-state index contributed by atoms with van der Waals surface area (Å²) in [5.74, 6) is -0.871. The van der Waals surface area contributed by atoms with Crippen molar-refractivity contribution in [2.45, 2.75) is 297 Å². The quantitative estimate of drug-likeness (QED) is 0.0262. The van der Waals surface area contributed by atoms with Crippen molar-refractivity contribution in [3.8, 4) is 0 Å². The lowest BCUT2D eigenvalue weighted by Crippen LogP contribution is -2.30. The molecule has 0 N–H and O–H groups in total. The predicted octanol–water partition coefficient (Wildman–Crippen LogP) is 18.7. The van der Waals surface area contributed by atoms with Gasteiger partial charge in [0.05, 0.1) is 0 Å². The zero-order valence-electron chi connectivity index (χ0n) is 43.3. The zero-order chi connectivity index (χ0) is 47.2. The van der Waals surface area contributed by atoms with Crippen LogP contribution in [0.4, 0.5) is 0 Å². The van der Waals surface area contributed by atoms with Gasteiger partial charge in [-0.15, -0.1) is 0 Å². The van der Waals surface area contributed by atoms with Crippen molar-refractivity contribution in [2.75, 3.05) is 13.2 Å². The minimum atomic E-state index is -0.765. The van der Waals surface area contributed by atoms with Gasteiger partial charge in [0.25, 0.3) is 0 Å². The summed E-state index contributed by atoms with van der Waals surface area (Å²) in [5, 5.41) is 0. The highest BCUT2D eigenvalue weighted by Crippen LogP contribution is 2.17. The number of allylic oxidation sites excluding steroid dienone is 8. The first-order chi connectivity index (χ1) is 32.0. The Morgan fingerprint density at radius 3 is 0.938 bits per heavy atom. The maximum Gasteiger partial charge on any atom is 0.306 e. The van der Waals surface area contributed by atoms with Crippen molar-refractivity contribution in [3.05, 3.63) is 48.6 Å². The molecule has 65 heavy (non-hydrogen) atoms. The number of hydrogen-bond acceptors (Lipinski definition) is 6. The van der Waals surface area contributed by atoms with E-state index in [1.54, 1.807) is 0 Å². The number of rotatable bonds is 51. The number of esters is 3. The zero-order valence-corrected chi connectivity index (χ0v) is 43.3. The van der Waals surface area contributed by atoms with E-state index in [0.29, 0.717) is 19.3 Å². The highest BCUT2D eigenvalue weighted by Gasteiger charge is 2.19. The van der Waals surface area contributed by atoms with Gasteiger partial charge in [0.2, 0.25) is 0 Å². The Balaban J connectivity index is 4.01. The molecule has 0 aromatic rings. The van der Waals surface area contributed by atoms with Crippen molar-refractivity contribution < 1.29 is 28.6 Å². The summed E-state index contributed by atoms with van der Waals surface area (Å²) in [6.07, 6.45) is 65.8. The molecule has 0 saturated heterocycles. The van der Waals surface area contributed by atoms with Crippen molar-refractivity contribution >= 4 is 17.9 Å². The summed E-state index contributed by atoms with van der Waals surface area (Å²) in [6, 6.07) is 0. The summed E-state index contributed by atoms with van der Waals surface area (Å²) in [6.45, 7) is 6.47. The van der Waals surface area contributed by atoms with E-state index in [4.69, 9.17) is 14.2 Å². The fraction of sp³-hybridized carbons (Fsp3) is 0.814. The van der Waals surface area contributed by atoms with Crippen LogP contribution >= 0.6 is 0 Å². The summed E-state index contributed by atoms with van der Waals surface area (Å²) in [4.78, 5) is 37.7. The molecule has 378 valence electrons. The van der Waals surface area contributed by atoms with Gasteiger partial charge in [-0.05, 0) is 57.8 Å². The largest absolute Gasteiger partial charge is 0.462 e. The highest BCUT2D eigenvalue weighted by atomic mass is 16.6. The Morgan fingerprint density at radius 1 is 0.323 bits per heavy atom. The lowest BCUT2D eigenvalue weighted by Gasteiger charge is -2.18. The van der Waals surface area contributed by atoms with Gasteiger partial charge in [-0.1, -0.05) is 262 Å². The highest BCUT2D eigenvalue weighted by molar-refractivity contribution is 5.71. The molecule has 0 fully saturated rings. The first-order valence-electron chi connectivity index (χ1n) is 28.1. The third kappa shape index (κ3) is 52.2. The number of hydrogen-bond donors (Lipinski definition) is 0. The van der Waals surface area contributed by atoms with Crippen LogP contribution in [0.1, 0.15) is 290 Å². The van der Waals surface area contributed by atoms with Crippen LogP contribution in [0.25, 0.3) is 0 Å². The first kappa shape index (κ1) is 62.4. The fourth-order valence-corrected chi connectivity index (χ4v) is 8.14. The van der Waals surface area contributed by atoms with Gasteiger partial charge >= 0.3 is 17.9 Å². The molecule has 0 heterocycles. The number of carbonyl (C=O) groups excluding carboxylic acids is 3. The predicted molar refractivity (Wildman–Crippen MR) is 279 cm³/mol. The van der Waals surface area contributed by atoms with E-state index in [0.717, 1.165) is 89.9 Å². The Kier molecular flexibility index (Phi) is 51.8. The van der Waals surface area contributed by atoms with E-state index < -0.39 is 6.10 Å². The summed E-state index contributed by atoms with van der Waals surface area (Å²) in [5.41, 5.74) is 0. The van der Waals surface area contributed by atoms with Crippen LogP contribution in [-0.2, 0) is 28.6 Å². The van der Waals surface area contributed by atoms with Gasteiger partial charge in [0, 0.05) is 19.3 Å². The van der Waals surface area contributed by atoms with E-state index >= 15 is 0 Å². The second-order valence-corrected chi connectivity index (χ2v) is 18.8. The molecule has 0 amide bonds. The van der Waals surface area contributed by atoms with Gasteiger partial charge in [0.1, 0.15) is 13.2 Å². The minimum absolute atomic E-state index is 0.0696. The maximum atomic E-state index is 12.7. The SMILES string of the molecule is CC/C=C\C/C=C\C/C=C\C/C=C\CCCCCCCCCCCCCCCCC(=O)OCC(COC(=O)CCCCCCC)OC(=O)CCCCCCCCCCCCCCCCC. The second kappa shape index (κ2) is 54.0. The lowest BCUT2D eigenvalue weighted by molar-refractivity contribution is -0.167. The second-order valence-electron chi connectivity index (χ2n) is 18.8. The van der Waals surface area contributed by atoms with Gasteiger partial charge in [0.15, 0.2) is 6.10 Å². The van der Waals surface area contributed by atoms with Crippen molar-refractivity contribution in [2.24, 2.45) is 0 Å². The summed E-state index contributed by atoms with van der Waals surface area (Å²) >= 11 is 0. The molecule has 6 nitrogen and oxygen atoms in total. The van der Waals surface area contributed by atoms with E-state index in [2.05, 4.69) is 69.4 Å². The van der Waals surface area contributed by atoms with Crippen LogP contribution in [0.5, 0.6) is 0 Å². The van der Waals surface area contributed by atoms with Gasteiger partial charge in [-0.2, -0.15) is 0 Å². The molecule has 0 rings (SSSR count). The Labute approximate surface area is 403 Å². The van der Waals surface area contributed by atoms with E-state index in [1.165, 1.54) is 161 Å². The van der Waals surface area contributed by atoms with E-state index in [9.17, 15) is 14.4 Å². The fourth-order valence-electron chi connectivity index (χ4n) is 8.14. The third-order valence-corrected chi connectivity index (χ3v) is 12.3. The molecule has 1 atom stereocenters. The smallest absolute Gasteiger partial charge is 0.306 e. The van der Waals surface area contributed by atoms with Crippen LogP contribution in [0.3, 0.4) is 0 Å². The van der Waals surface area contributed by atoms with Crippen LogP contribution in [0.2, 0.25) is 0 Å². The molecule has 0 saturated carbocycles. The Bertz CT molecular complexity index is 1140. The maximum absolute atomic E-state index is 12.7. The first-order valence-corrected chi connectivity index (χ1v) is 28.1. The Morgan fingerprint density at radius 2 is 0.600 bits per heavy atom. The van der Waals surface area contributed by atoms with Gasteiger partial charge < -0.3 is 14.2 Å². The standard InChI is InChI=1S/C59H106O6/c1-4-7-10-13-15-17-19-21-23-24-25-26-27-28-29-30-31-32-33-34-36-37-39-41-43-46-49-52-58(61)64-55-56(54-63-57(60)51-48-45-12-9-6-3)65-59(62)53-50-47-44-42-40-38-35-22-20-18-16-14-11-8-5-2/h7,10,15,17,21,23,25-26,56H,4-6,8-9,11-14,16,18-20,22,24,27-55H2,1-3H3/b10-7-,17-15-,23-21-,26-25-. The molecule has 0 aromatic carbocycles. The molecule has 0 aromatic heterocycles. The monoisotopic (exact) mass is 911 g/mol. The molecular formula is C59H106O6. The topological polar surface area (TPSA) is 78.9 Å². The average Bonchev–Trinajstić information content (AvgIpc) is 3.30. The molecule has 6 heteroatoms. The van der Waals surface area contributed by atoms with Gasteiger partial charge in [-0.25, -0.2) is 0 Å². The molecule has 0 aliphatic carbocycles. The van der Waals surface area contributed by atoms with Crippen molar-refractivity contribution in [3.63, 3.8) is 0 Å². The van der Waals surface area contributed by atoms with Crippen molar-refractivity contribution in [1.29, 1.82) is 0 Å². The third-order valence-electron chi connectivity index (χ3n) is 12.3. The lowest BCUT2D eigenvalue weighted by atomic mass is 10.0. The summed E-state index contributed by atoms with van der Waals surface area (Å²) < 4.78 is 16.7. The van der Waals surface area contributed by atoms with E-state index in [1.807, 2.05) is 0 Å². The molecule has 0 aliphatic rings. The number of unbranched alkanes of at least 4 members (excludes halogenated alkanes) is 32. The van der Waals surface area contributed by atoms with Crippen LogP contribution in [0.15, 0.2) is 48.6 Å². The minimum Gasteiger partial charge on any atom is -0.462 e. The van der Waals surface area contributed by atoms with Crippen LogP contribution in [0, 0.1) is 0 Å². The molecule has 0 bridgehead atoms. The number of ether oxygens (including phenoxy) is 3. The molecule has 0 aliphatic heterocycles. The van der Waals surface area contributed by atoms with Gasteiger partial charge in [-0.3, -0.25) is 14.4 Å². The molecule has 0 radical (unpaired) electrons. The number of carbonyl (C=O) groups is 3. The average molecular weight is 911 g/mol. The Hall–Kier alpha value is -2.63. The van der Waals surface area contributed by atoms with Crippen LogP contribution in [-0.4, -0.2) is 37.2 Å². The molecule has 0 spiro atoms. The van der Waals surface area contributed by atoms with Crippen molar-refractivity contribution in [1.82, 2.24) is 0 Å². The summed E-state index contributed by atoms with van der Waals surface area (Å²) in [7, 11) is 0.